The molecule has 0 unspecified atom stereocenters. The van der Waals surface area contributed by atoms with Gasteiger partial charge in [0.05, 0.1) is 12.2 Å². The Balaban J connectivity index is 2.15. The summed E-state index contributed by atoms with van der Waals surface area (Å²) in [4.78, 5) is 0. The summed E-state index contributed by atoms with van der Waals surface area (Å²) in [5.74, 6) is 0. The third kappa shape index (κ3) is 3.59. The van der Waals surface area contributed by atoms with E-state index >= 15 is 0 Å². The quantitative estimate of drug-likeness (QED) is 0.845. The van der Waals surface area contributed by atoms with Crippen LogP contribution in [0.2, 0.25) is 5.04 Å². The summed E-state index contributed by atoms with van der Waals surface area (Å²) in [7, 11) is -2.54. The Bertz CT molecular complexity index is 624. The lowest BCUT2D eigenvalue weighted by Gasteiger charge is -2.46. The lowest BCUT2D eigenvalue weighted by molar-refractivity contribution is 0.00122. The minimum absolute atomic E-state index is 0.0348. The van der Waals surface area contributed by atoms with Crippen LogP contribution < -0.4 is 10.4 Å². The van der Waals surface area contributed by atoms with Crippen LogP contribution in [0.1, 0.15) is 46.5 Å². The van der Waals surface area contributed by atoms with E-state index in [1.165, 1.54) is 10.4 Å². The number of rotatable bonds is 4. The van der Waals surface area contributed by atoms with E-state index in [1.807, 2.05) is 0 Å². The zero-order valence-electron chi connectivity index (χ0n) is 15.6. The normalized spacial score (nSPS) is 21.9. The molecule has 0 aromatic heterocycles. The van der Waals surface area contributed by atoms with Gasteiger partial charge in [-0.2, -0.15) is 0 Å². The van der Waals surface area contributed by atoms with Crippen molar-refractivity contribution in [3.05, 3.63) is 60.7 Å². The van der Waals surface area contributed by atoms with E-state index in [0.717, 1.165) is 25.7 Å². The van der Waals surface area contributed by atoms with Crippen molar-refractivity contribution in [3.63, 3.8) is 0 Å². The molecule has 0 saturated heterocycles. The van der Waals surface area contributed by atoms with Crippen molar-refractivity contribution in [1.29, 1.82) is 0 Å². The lowest BCUT2D eigenvalue weighted by atomic mass is 9.95. The molecule has 1 aliphatic carbocycles. The van der Waals surface area contributed by atoms with Gasteiger partial charge in [0.2, 0.25) is 0 Å². The van der Waals surface area contributed by atoms with E-state index in [4.69, 9.17) is 4.43 Å². The number of hydrogen-bond donors (Lipinski definition) is 1. The Morgan fingerprint density at radius 3 is 1.76 bits per heavy atom. The summed E-state index contributed by atoms with van der Waals surface area (Å²) in [5.41, 5.74) is 0. The molecular weight excluding hydrogens is 324 g/mol. The second kappa shape index (κ2) is 7.44. The fraction of sp³-hybridized carbons (Fsp3) is 0.455. The molecule has 3 heteroatoms. The summed E-state index contributed by atoms with van der Waals surface area (Å²) < 4.78 is 7.02. The van der Waals surface area contributed by atoms with Crippen molar-refractivity contribution in [2.75, 3.05) is 0 Å². The zero-order valence-corrected chi connectivity index (χ0v) is 16.6. The molecule has 2 aromatic carbocycles. The van der Waals surface area contributed by atoms with Gasteiger partial charge in [-0.05, 0) is 28.3 Å². The maximum Gasteiger partial charge on any atom is 0.261 e. The molecular formula is C22H30O2Si. The highest BCUT2D eigenvalue weighted by molar-refractivity contribution is 6.99. The average molecular weight is 355 g/mol. The number of hydrogen-bond acceptors (Lipinski definition) is 2. The van der Waals surface area contributed by atoms with Crippen molar-refractivity contribution in [2.45, 2.75) is 63.7 Å². The molecule has 1 aliphatic rings. The van der Waals surface area contributed by atoms with Gasteiger partial charge in [0, 0.05) is 0 Å². The van der Waals surface area contributed by atoms with Crippen LogP contribution >= 0.6 is 0 Å². The second-order valence-electron chi connectivity index (χ2n) is 8.17. The summed E-state index contributed by atoms with van der Waals surface area (Å²) in [6.45, 7) is 6.86. The van der Waals surface area contributed by atoms with Gasteiger partial charge in [-0.1, -0.05) is 94.3 Å². The molecule has 1 N–H and O–H groups in total. The summed E-state index contributed by atoms with van der Waals surface area (Å²) >= 11 is 0. The molecule has 134 valence electrons. The highest BCUT2D eigenvalue weighted by Gasteiger charge is 2.52. The summed E-state index contributed by atoms with van der Waals surface area (Å²) in [6.07, 6.45) is 3.62. The topological polar surface area (TPSA) is 29.5 Å². The summed E-state index contributed by atoms with van der Waals surface area (Å²) in [6, 6.07) is 21.4. The first-order valence-corrected chi connectivity index (χ1v) is 11.3. The van der Waals surface area contributed by atoms with Gasteiger partial charge < -0.3 is 9.53 Å². The fourth-order valence-corrected chi connectivity index (χ4v) is 8.88. The van der Waals surface area contributed by atoms with Crippen LogP contribution in [0.3, 0.4) is 0 Å². The predicted molar refractivity (Wildman–Crippen MR) is 107 cm³/mol. The highest BCUT2D eigenvalue weighted by Crippen LogP contribution is 2.39. The first-order chi connectivity index (χ1) is 11.9. The monoisotopic (exact) mass is 354 g/mol. The maximum absolute atomic E-state index is 10.6. The van der Waals surface area contributed by atoms with Gasteiger partial charge >= 0.3 is 0 Å². The van der Waals surface area contributed by atoms with Crippen molar-refractivity contribution in [3.8, 4) is 0 Å². The van der Waals surface area contributed by atoms with Crippen LogP contribution in [0.15, 0.2) is 60.7 Å². The van der Waals surface area contributed by atoms with E-state index in [1.54, 1.807) is 0 Å². The van der Waals surface area contributed by atoms with Crippen molar-refractivity contribution < 1.29 is 9.53 Å². The Labute approximate surface area is 153 Å². The van der Waals surface area contributed by atoms with Crippen molar-refractivity contribution in [2.24, 2.45) is 0 Å². The van der Waals surface area contributed by atoms with Crippen LogP contribution in [0, 0.1) is 0 Å². The molecule has 25 heavy (non-hydrogen) atoms. The first-order valence-electron chi connectivity index (χ1n) is 9.42. The molecule has 0 radical (unpaired) electrons. The Morgan fingerprint density at radius 1 is 0.840 bits per heavy atom. The minimum Gasteiger partial charge on any atom is -0.402 e. The van der Waals surface area contributed by atoms with Crippen LogP contribution in [-0.4, -0.2) is 25.6 Å². The number of aliphatic hydroxyl groups is 1. The Kier molecular flexibility index (Phi) is 5.47. The van der Waals surface area contributed by atoms with Crippen LogP contribution in [0.25, 0.3) is 0 Å². The van der Waals surface area contributed by atoms with E-state index in [-0.39, 0.29) is 17.2 Å². The molecule has 0 aliphatic heterocycles. The largest absolute Gasteiger partial charge is 0.402 e. The van der Waals surface area contributed by atoms with E-state index in [2.05, 4.69) is 81.4 Å². The molecule has 2 atom stereocenters. The molecule has 1 saturated carbocycles. The fourth-order valence-electron chi connectivity index (χ4n) is 4.13. The van der Waals surface area contributed by atoms with Crippen molar-refractivity contribution in [1.82, 2.24) is 0 Å². The zero-order chi connectivity index (χ0) is 17.9. The van der Waals surface area contributed by atoms with Gasteiger partial charge in [0.15, 0.2) is 0 Å². The van der Waals surface area contributed by atoms with Crippen LogP contribution in [0.4, 0.5) is 0 Å². The third-order valence-electron chi connectivity index (χ3n) is 5.41. The molecule has 3 rings (SSSR count). The van der Waals surface area contributed by atoms with E-state index in [9.17, 15) is 5.11 Å². The second-order valence-corrected chi connectivity index (χ2v) is 12.4. The Hall–Kier alpha value is -1.42. The highest BCUT2D eigenvalue weighted by atomic mass is 28.4. The molecule has 2 nitrogen and oxygen atoms in total. The third-order valence-corrected chi connectivity index (χ3v) is 10.5. The first kappa shape index (κ1) is 18.4. The predicted octanol–water partition coefficient (Wildman–Crippen LogP) is 3.87. The molecule has 2 aromatic rings. The summed E-state index contributed by atoms with van der Waals surface area (Å²) in [5, 5.41) is 13.1. The van der Waals surface area contributed by atoms with Gasteiger partial charge in [-0.3, -0.25) is 0 Å². The number of aliphatic hydroxyl groups excluding tert-OH is 1. The molecule has 0 spiro atoms. The smallest absolute Gasteiger partial charge is 0.261 e. The molecule has 1 fully saturated rings. The average Bonchev–Trinajstić information content (AvgIpc) is 2.61. The SMILES string of the molecule is CC(C)(C)[Si](O[C@H]1CCCC[C@@H]1O)(c1ccccc1)c1ccccc1. The van der Waals surface area contributed by atoms with Crippen LogP contribution in [-0.2, 0) is 4.43 Å². The Morgan fingerprint density at radius 2 is 1.32 bits per heavy atom. The lowest BCUT2D eigenvalue weighted by Crippen LogP contribution is -2.68. The van der Waals surface area contributed by atoms with Gasteiger partial charge in [0.25, 0.3) is 8.32 Å². The molecule has 0 heterocycles. The minimum atomic E-state index is -2.54. The van der Waals surface area contributed by atoms with E-state index in [0.29, 0.717) is 0 Å². The van der Waals surface area contributed by atoms with Gasteiger partial charge in [-0.15, -0.1) is 0 Å². The van der Waals surface area contributed by atoms with Gasteiger partial charge in [-0.25, -0.2) is 0 Å². The van der Waals surface area contributed by atoms with E-state index < -0.39 is 8.32 Å². The molecule has 0 bridgehead atoms. The van der Waals surface area contributed by atoms with Gasteiger partial charge in [0.1, 0.15) is 0 Å². The van der Waals surface area contributed by atoms with Crippen molar-refractivity contribution >= 4 is 18.7 Å². The standard InChI is InChI=1S/C22H30O2Si/c1-22(2,3)25(18-12-6-4-7-13-18,19-14-8-5-9-15-19)24-21-17-11-10-16-20(21)23/h4-9,12-15,20-21,23H,10-11,16-17H2,1-3H3/t20-,21-/m0/s1. The van der Waals surface area contributed by atoms with Crippen LogP contribution in [0.5, 0.6) is 0 Å². The number of benzene rings is 2. The molecule has 0 amide bonds. The maximum atomic E-state index is 10.6.